The van der Waals surface area contributed by atoms with Gasteiger partial charge in [-0.15, -0.1) is 0 Å². The van der Waals surface area contributed by atoms with Crippen molar-refractivity contribution in [2.24, 2.45) is 0 Å². The van der Waals surface area contributed by atoms with Crippen molar-refractivity contribution in [3.63, 3.8) is 0 Å². The van der Waals surface area contributed by atoms with Gasteiger partial charge >= 0.3 is 5.97 Å². The van der Waals surface area contributed by atoms with Gasteiger partial charge in [0.05, 0.1) is 18.8 Å². The number of aromatic nitrogens is 1. The first-order chi connectivity index (χ1) is 22.9. The van der Waals surface area contributed by atoms with Gasteiger partial charge in [-0.2, -0.15) is 0 Å². The standard InChI is InChI=1S/C38H43N3O6/c1-41(20-18-33-11-2-3-19-39-33)25-34-23-35(29-16-14-27(26-42)15-17-29)47-38(46-34)32-10-5-9-31(22-32)30-8-4-7-28(21-30)24-40-36(43)12-6-13-37(44)45/h2-5,7-11,14-17,19,21-22,34-35,38,42H,6,12-13,18,20,23-26H2,1H3,(H,40,43)(H,44,45). The van der Waals surface area contributed by atoms with Crippen molar-refractivity contribution >= 4 is 11.9 Å². The molecule has 3 aromatic carbocycles. The van der Waals surface area contributed by atoms with E-state index >= 15 is 0 Å². The summed E-state index contributed by atoms with van der Waals surface area (Å²) in [6.07, 6.45) is 3.03. The van der Waals surface area contributed by atoms with Crippen LogP contribution in [0.4, 0.5) is 0 Å². The van der Waals surface area contributed by atoms with Crippen LogP contribution in [0.2, 0.25) is 0 Å². The van der Waals surface area contributed by atoms with Crippen LogP contribution in [0.1, 0.15) is 66.0 Å². The Morgan fingerprint density at radius 3 is 2.43 bits per heavy atom. The van der Waals surface area contributed by atoms with E-state index in [0.29, 0.717) is 19.4 Å². The van der Waals surface area contributed by atoms with Crippen LogP contribution >= 0.6 is 0 Å². The number of ether oxygens (including phenoxy) is 2. The van der Waals surface area contributed by atoms with Gasteiger partial charge in [-0.3, -0.25) is 14.6 Å². The molecule has 246 valence electrons. The maximum atomic E-state index is 12.2. The number of carbonyl (C=O) groups excluding carboxylic acids is 1. The maximum Gasteiger partial charge on any atom is 0.303 e. The van der Waals surface area contributed by atoms with E-state index in [2.05, 4.69) is 28.3 Å². The van der Waals surface area contributed by atoms with Gasteiger partial charge in [-0.1, -0.05) is 66.7 Å². The number of amides is 1. The molecule has 9 nitrogen and oxygen atoms in total. The Balaban J connectivity index is 1.29. The summed E-state index contributed by atoms with van der Waals surface area (Å²) in [7, 11) is 2.11. The zero-order chi connectivity index (χ0) is 33.0. The van der Waals surface area contributed by atoms with Crippen LogP contribution in [0.15, 0.2) is 97.2 Å². The second kappa shape index (κ2) is 16.9. The minimum Gasteiger partial charge on any atom is -0.481 e. The molecule has 1 fully saturated rings. The Hall–Kier alpha value is -4.41. The number of benzene rings is 3. The van der Waals surface area contributed by atoms with Crippen molar-refractivity contribution in [2.75, 3.05) is 20.1 Å². The average molecular weight is 638 g/mol. The molecular formula is C38H43N3O6. The molecule has 1 saturated heterocycles. The molecule has 47 heavy (non-hydrogen) atoms. The Labute approximate surface area is 276 Å². The Kier molecular flexibility index (Phi) is 12.2. The maximum absolute atomic E-state index is 12.2. The first-order valence-corrected chi connectivity index (χ1v) is 16.1. The summed E-state index contributed by atoms with van der Waals surface area (Å²) >= 11 is 0. The number of aliphatic hydroxyl groups excluding tert-OH is 1. The fourth-order valence-corrected chi connectivity index (χ4v) is 5.74. The third-order valence-corrected chi connectivity index (χ3v) is 8.31. The van der Waals surface area contributed by atoms with Gasteiger partial charge in [-0.25, -0.2) is 0 Å². The predicted molar refractivity (Wildman–Crippen MR) is 179 cm³/mol. The fraction of sp³-hybridized carbons (Fsp3) is 0.342. The molecular weight excluding hydrogens is 594 g/mol. The number of nitrogens with one attached hydrogen (secondary N) is 1. The highest BCUT2D eigenvalue weighted by molar-refractivity contribution is 5.76. The zero-order valence-corrected chi connectivity index (χ0v) is 26.8. The van der Waals surface area contributed by atoms with Crippen molar-refractivity contribution in [3.8, 4) is 11.1 Å². The van der Waals surface area contributed by atoms with E-state index in [1.807, 2.05) is 91.1 Å². The average Bonchev–Trinajstić information content (AvgIpc) is 3.10. The normalized spacial score (nSPS) is 17.8. The number of pyridine rings is 1. The molecule has 3 unspecified atom stereocenters. The third-order valence-electron chi connectivity index (χ3n) is 8.31. The number of carboxylic acid groups (broad SMARTS) is 1. The van der Waals surface area contributed by atoms with Crippen LogP contribution in [0, 0.1) is 0 Å². The van der Waals surface area contributed by atoms with Crippen molar-refractivity contribution in [2.45, 2.75) is 63.8 Å². The summed E-state index contributed by atoms with van der Waals surface area (Å²) in [6.45, 7) is 1.95. The van der Waals surface area contributed by atoms with Gasteiger partial charge in [0.15, 0.2) is 6.29 Å². The van der Waals surface area contributed by atoms with E-state index in [1.165, 1.54) is 0 Å². The lowest BCUT2D eigenvalue weighted by Gasteiger charge is -2.38. The number of aliphatic hydroxyl groups is 1. The number of rotatable bonds is 15. The van der Waals surface area contributed by atoms with Gasteiger partial charge in [0.1, 0.15) is 0 Å². The molecule has 1 amide bonds. The Morgan fingerprint density at radius 2 is 1.68 bits per heavy atom. The molecule has 3 N–H and O–H groups in total. The van der Waals surface area contributed by atoms with Crippen LogP contribution in [0.25, 0.3) is 11.1 Å². The third kappa shape index (κ3) is 10.3. The molecule has 1 aliphatic rings. The molecule has 0 radical (unpaired) electrons. The highest BCUT2D eigenvalue weighted by Crippen LogP contribution is 2.39. The molecule has 1 aromatic heterocycles. The molecule has 0 bridgehead atoms. The topological polar surface area (TPSA) is 121 Å². The van der Waals surface area contributed by atoms with E-state index in [9.17, 15) is 14.7 Å². The van der Waals surface area contributed by atoms with Crippen molar-refractivity contribution < 1.29 is 29.3 Å². The second-order valence-electron chi connectivity index (χ2n) is 12.0. The lowest BCUT2D eigenvalue weighted by molar-refractivity contribution is -0.252. The van der Waals surface area contributed by atoms with Crippen molar-refractivity contribution in [3.05, 3.63) is 125 Å². The minimum atomic E-state index is -0.900. The molecule has 4 aromatic rings. The van der Waals surface area contributed by atoms with E-state index in [-0.39, 0.29) is 37.6 Å². The zero-order valence-electron chi connectivity index (χ0n) is 26.8. The summed E-state index contributed by atoms with van der Waals surface area (Å²) in [5, 5.41) is 21.2. The number of likely N-dealkylation sites (N-methyl/N-ethyl adjacent to an activating group) is 1. The van der Waals surface area contributed by atoms with E-state index in [0.717, 1.165) is 58.6 Å². The summed E-state index contributed by atoms with van der Waals surface area (Å²) in [4.78, 5) is 29.6. The molecule has 3 atom stereocenters. The fourth-order valence-electron chi connectivity index (χ4n) is 5.74. The summed E-state index contributed by atoms with van der Waals surface area (Å²) in [6, 6.07) is 30.1. The predicted octanol–water partition coefficient (Wildman–Crippen LogP) is 5.83. The molecule has 5 rings (SSSR count). The molecule has 9 heteroatoms. The van der Waals surface area contributed by atoms with Crippen LogP contribution in [0.5, 0.6) is 0 Å². The summed E-state index contributed by atoms with van der Waals surface area (Å²) in [5.74, 6) is -1.06. The highest BCUT2D eigenvalue weighted by Gasteiger charge is 2.33. The summed E-state index contributed by atoms with van der Waals surface area (Å²) in [5.41, 5.74) is 6.83. The Morgan fingerprint density at radius 1 is 0.894 bits per heavy atom. The number of carboxylic acids is 1. The van der Waals surface area contributed by atoms with Crippen LogP contribution in [-0.4, -0.2) is 58.2 Å². The van der Waals surface area contributed by atoms with Crippen LogP contribution in [-0.2, 0) is 38.6 Å². The van der Waals surface area contributed by atoms with Crippen LogP contribution < -0.4 is 5.32 Å². The van der Waals surface area contributed by atoms with Crippen molar-refractivity contribution in [1.82, 2.24) is 15.2 Å². The number of carbonyl (C=O) groups is 2. The minimum absolute atomic E-state index is 0.00557. The van der Waals surface area contributed by atoms with Gasteiger partial charge in [0.25, 0.3) is 0 Å². The molecule has 0 spiro atoms. The van der Waals surface area contributed by atoms with E-state index in [1.54, 1.807) is 0 Å². The molecule has 0 saturated carbocycles. The first kappa shape index (κ1) is 33.9. The van der Waals surface area contributed by atoms with Gasteiger partial charge in [0.2, 0.25) is 5.91 Å². The number of aliphatic carboxylic acids is 1. The Bertz CT molecular complexity index is 1600. The van der Waals surface area contributed by atoms with Crippen LogP contribution in [0.3, 0.4) is 0 Å². The number of hydrogen-bond donors (Lipinski definition) is 3. The molecule has 1 aliphatic heterocycles. The van der Waals surface area contributed by atoms with Gasteiger partial charge in [0, 0.05) is 62.8 Å². The van der Waals surface area contributed by atoms with E-state index in [4.69, 9.17) is 14.6 Å². The van der Waals surface area contributed by atoms with Gasteiger partial charge < -0.3 is 29.9 Å². The van der Waals surface area contributed by atoms with E-state index < -0.39 is 12.3 Å². The summed E-state index contributed by atoms with van der Waals surface area (Å²) < 4.78 is 13.2. The molecule has 2 heterocycles. The quantitative estimate of drug-likeness (QED) is 0.149. The lowest BCUT2D eigenvalue weighted by Crippen LogP contribution is -2.38. The largest absolute Gasteiger partial charge is 0.481 e. The van der Waals surface area contributed by atoms with Crippen molar-refractivity contribution in [1.29, 1.82) is 0 Å². The smallest absolute Gasteiger partial charge is 0.303 e. The lowest BCUT2D eigenvalue weighted by atomic mass is 9.98. The number of hydrogen-bond acceptors (Lipinski definition) is 7. The van der Waals surface area contributed by atoms with Gasteiger partial charge in [-0.05, 0) is 65.6 Å². The number of nitrogens with zero attached hydrogens (tertiary/aromatic N) is 2. The SMILES string of the molecule is CN(CCc1ccccn1)CC1CC(c2ccc(CO)cc2)OC(c2cccc(-c3cccc(CNC(=O)CCCC(=O)O)c3)c2)O1. The highest BCUT2D eigenvalue weighted by atomic mass is 16.7. The second-order valence-corrected chi connectivity index (χ2v) is 12.0. The molecule has 0 aliphatic carbocycles. The first-order valence-electron chi connectivity index (χ1n) is 16.1. The monoisotopic (exact) mass is 637 g/mol.